The van der Waals surface area contributed by atoms with E-state index in [-0.39, 0.29) is 17.3 Å². The van der Waals surface area contributed by atoms with E-state index in [0.717, 1.165) is 45.0 Å². The third-order valence-electron chi connectivity index (χ3n) is 11.7. The molecule has 11 nitrogen and oxygen atoms in total. The molecule has 0 amide bonds. The molecule has 1 fully saturated rings. The van der Waals surface area contributed by atoms with Gasteiger partial charge in [-0.1, -0.05) is 107 Å². The lowest BCUT2D eigenvalue weighted by Crippen LogP contribution is -2.28. The van der Waals surface area contributed by atoms with Gasteiger partial charge in [-0.15, -0.1) is 3.98 Å². The Labute approximate surface area is 350 Å². The van der Waals surface area contributed by atoms with Gasteiger partial charge in [0.1, 0.15) is 5.75 Å². The van der Waals surface area contributed by atoms with E-state index >= 15 is 0 Å². The third kappa shape index (κ3) is 10.0. The molecule has 1 aliphatic carbocycles. The highest BCUT2D eigenvalue weighted by atomic mass is 32.2. The normalized spacial score (nSPS) is 20.3. The van der Waals surface area contributed by atoms with Gasteiger partial charge < -0.3 is 9.80 Å². The molecule has 0 bridgehead atoms. The van der Waals surface area contributed by atoms with Crippen LogP contribution in [0.1, 0.15) is 82.9 Å². The van der Waals surface area contributed by atoms with Crippen molar-refractivity contribution in [3.8, 4) is 0 Å². The number of rotatable bonds is 15. The monoisotopic (exact) mass is 862 g/mol. The fourth-order valence-corrected chi connectivity index (χ4v) is 11.2. The van der Waals surface area contributed by atoms with Crippen LogP contribution in [0.5, 0.6) is 0 Å². The van der Waals surface area contributed by atoms with E-state index in [4.69, 9.17) is 0 Å². The van der Waals surface area contributed by atoms with Crippen molar-refractivity contribution in [2.75, 3.05) is 41.4 Å². The van der Waals surface area contributed by atoms with Gasteiger partial charge in [0.15, 0.2) is 7.05 Å². The average Bonchev–Trinajstić information content (AvgIpc) is 3.74. The second-order valence-corrected chi connectivity index (χ2v) is 21.8. The van der Waals surface area contributed by atoms with Gasteiger partial charge in [-0.3, -0.25) is 9.11 Å². The number of allylic oxidation sites excluding steroid dienone is 8. The van der Waals surface area contributed by atoms with Gasteiger partial charge in [-0.05, 0) is 79.5 Å². The van der Waals surface area contributed by atoms with Gasteiger partial charge in [0.05, 0.1) is 11.5 Å². The molecule has 0 saturated heterocycles. The van der Waals surface area contributed by atoms with Gasteiger partial charge in [0, 0.05) is 57.8 Å². The summed E-state index contributed by atoms with van der Waals surface area (Å²) in [5, 5.41) is 0. The number of fused-ring (bicyclic) bond motifs is 2. The predicted octanol–water partition coefficient (Wildman–Crippen LogP) is 7.95. The second kappa shape index (κ2) is 17.3. The first kappa shape index (κ1) is 44.2. The Morgan fingerprint density at radius 3 is 1.42 bits per heavy atom. The second-order valence-electron chi connectivity index (χ2n) is 16.6. The summed E-state index contributed by atoms with van der Waals surface area (Å²) < 4.78 is 94.4. The SMILES string of the molecule is C[N+](=C1/C(=C/C=C2/N(CCCCS(=O)(=O)O)c3ccccc3C2(C)C)CC/C1=C\C=C1\N(CCCCS(=O)(=O)O)c2ccccc2C1(C)C)S(=O)(=O)Cc1ccccc1. The fraction of sp³-hybridized carbons (Fsp3) is 0.400. The van der Waals surface area contributed by atoms with Crippen LogP contribution in [0.15, 0.2) is 126 Å². The van der Waals surface area contributed by atoms with Crippen molar-refractivity contribution >= 4 is 47.3 Å². The summed E-state index contributed by atoms with van der Waals surface area (Å²) in [6.07, 6.45) is 11.1. The Kier molecular flexibility index (Phi) is 13.0. The molecule has 3 aliphatic rings. The third-order valence-corrected chi connectivity index (χ3v) is 15.1. The summed E-state index contributed by atoms with van der Waals surface area (Å²) in [6, 6.07) is 25.4. The lowest BCUT2D eigenvalue weighted by Gasteiger charge is -2.27. The van der Waals surface area contributed by atoms with Crippen molar-refractivity contribution in [3.05, 3.63) is 142 Å². The van der Waals surface area contributed by atoms with Crippen LogP contribution in [0.4, 0.5) is 11.4 Å². The zero-order valence-electron chi connectivity index (χ0n) is 34.5. The molecular formula is C45H56N3O8S3+. The van der Waals surface area contributed by atoms with Crippen molar-refractivity contribution in [1.82, 2.24) is 0 Å². The number of nitrogens with zero attached hydrogens (tertiary/aromatic N) is 3. The highest BCUT2D eigenvalue weighted by molar-refractivity contribution is 7.86. The minimum absolute atomic E-state index is 0.171. The smallest absolute Gasteiger partial charge is 0.344 e. The maximum atomic E-state index is 14.2. The quantitative estimate of drug-likeness (QED) is 0.0875. The van der Waals surface area contributed by atoms with Crippen molar-refractivity contribution in [2.45, 2.75) is 82.8 Å². The number of sulfonamides is 1. The van der Waals surface area contributed by atoms with Crippen LogP contribution >= 0.6 is 0 Å². The van der Waals surface area contributed by atoms with E-state index in [1.807, 2.05) is 66.7 Å². The van der Waals surface area contributed by atoms with Crippen LogP contribution in [-0.2, 0) is 46.8 Å². The van der Waals surface area contributed by atoms with Crippen LogP contribution < -0.4 is 9.80 Å². The molecule has 0 radical (unpaired) electrons. The van der Waals surface area contributed by atoms with Gasteiger partial charge in [-0.2, -0.15) is 25.3 Å². The van der Waals surface area contributed by atoms with Gasteiger partial charge in [0.2, 0.25) is 5.71 Å². The summed E-state index contributed by atoms with van der Waals surface area (Å²) in [5.41, 5.74) is 8.56. The van der Waals surface area contributed by atoms with Gasteiger partial charge in [0.25, 0.3) is 20.2 Å². The predicted molar refractivity (Wildman–Crippen MR) is 237 cm³/mol. The largest absolute Gasteiger partial charge is 0.368 e. The van der Waals surface area contributed by atoms with Gasteiger partial charge >= 0.3 is 10.0 Å². The molecule has 6 rings (SSSR count). The van der Waals surface area contributed by atoms with E-state index in [2.05, 4.69) is 73.9 Å². The standard InChI is InChI=1S/C45H55N3O8S3/c1-44(2)37-19-9-11-21-39(37)47(29-13-15-31-58(51,52)53)41(44)27-25-35-23-24-36(43(35)46(5)57(49,50)33-34-17-7-6-8-18-34)26-28-42-45(3,4)38-20-10-12-22-40(38)48(42)30-14-16-32-59(54,55)56/h6-12,17-22,25-28H,13-16,23-24,29-33H2,1-5H3,(H-,51,52,53,54,55,56)/p+1. The minimum atomic E-state index is -4.07. The van der Waals surface area contributed by atoms with Gasteiger partial charge in [-0.25, -0.2) is 0 Å². The summed E-state index contributed by atoms with van der Waals surface area (Å²) >= 11 is 0. The van der Waals surface area contributed by atoms with Crippen molar-refractivity contribution in [1.29, 1.82) is 0 Å². The maximum absolute atomic E-state index is 14.2. The molecule has 2 N–H and O–H groups in total. The molecule has 0 atom stereocenters. The zero-order chi connectivity index (χ0) is 42.8. The molecule has 0 spiro atoms. The molecule has 0 unspecified atom stereocenters. The first-order valence-corrected chi connectivity index (χ1v) is 24.9. The molecular weight excluding hydrogens is 807 g/mol. The number of para-hydroxylation sites is 2. The van der Waals surface area contributed by atoms with Crippen LogP contribution in [0.3, 0.4) is 0 Å². The fourth-order valence-electron chi connectivity index (χ4n) is 8.69. The summed E-state index contributed by atoms with van der Waals surface area (Å²) in [4.78, 5) is 4.40. The molecule has 316 valence electrons. The molecule has 2 heterocycles. The first-order chi connectivity index (χ1) is 27.7. The van der Waals surface area contributed by atoms with Crippen molar-refractivity contribution in [3.63, 3.8) is 0 Å². The summed E-state index contributed by atoms with van der Waals surface area (Å²) in [6.45, 7) is 9.68. The number of anilines is 2. The van der Waals surface area contributed by atoms with E-state index in [1.54, 1.807) is 7.05 Å². The number of unbranched alkanes of at least 4 members (excludes halogenated alkanes) is 2. The van der Waals surface area contributed by atoms with Crippen LogP contribution in [0.2, 0.25) is 0 Å². The van der Waals surface area contributed by atoms with Crippen molar-refractivity contribution < 1.29 is 38.3 Å². The lowest BCUT2D eigenvalue weighted by atomic mass is 9.83. The number of hydrogen-bond acceptors (Lipinski definition) is 8. The van der Waals surface area contributed by atoms with Crippen LogP contribution in [-0.4, -0.2) is 75.7 Å². The first-order valence-electron chi connectivity index (χ1n) is 20.1. The van der Waals surface area contributed by atoms with E-state index < -0.39 is 41.1 Å². The topological polar surface area (TPSA) is 152 Å². The molecule has 59 heavy (non-hydrogen) atoms. The minimum Gasteiger partial charge on any atom is -0.344 e. The molecule has 3 aromatic carbocycles. The Balaban J connectivity index is 1.43. The molecule has 2 aliphatic heterocycles. The molecule has 3 aromatic rings. The van der Waals surface area contributed by atoms with Crippen LogP contribution in [0.25, 0.3) is 0 Å². The van der Waals surface area contributed by atoms with Crippen molar-refractivity contribution in [2.24, 2.45) is 0 Å². The Morgan fingerprint density at radius 1 is 0.593 bits per heavy atom. The lowest BCUT2D eigenvalue weighted by molar-refractivity contribution is -0.326. The molecule has 1 saturated carbocycles. The zero-order valence-corrected chi connectivity index (χ0v) is 37.0. The Bertz CT molecular complexity index is 2430. The Hall–Kier alpha value is -4.34. The average molecular weight is 863 g/mol. The number of benzene rings is 3. The number of hydrogen-bond donors (Lipinski definition) is 2. The highest BCUT2D eigenvalue weighted by Crippen LogP contribution is 2.49. The summed E-state index contributed by atoms with van der Waals surface area (Å²) in [5.74, 6) is -0.787. The molecule has 0 aromatic heterocycles. The van der Waals surface area contributed by atoms with E-state index in [1.165, 1.54) is 3.98 Å². The van der Waals surface area contributed by atoms with Crippen LogP contribution in [0, 0.1) is 0 Å². The Morgan fingerprint density at radius 2 is 1.00 bits per heavy atom. The van der Waals surface area contributed by atoms with E-state index in [0.29, 0.717) is 62.9 Å². The maximum Gasteiger partial charge on any atom is 0.368 e. The summed E-state index contributed by atoms with van der Waals surface area (Å²) in [7, 11) is -10.4. The van der Waals surface area contributed by atoms with E-state index in [9.17, 15) is 34.4 Å². The molecule has 14 heteroatoms. The highest BCUT2D eigenvalue weighted by Gasteiger charge is 2.42.